The lowest BCUT2D eigenvalue weighted by Crippen LogP contribution is -2.58. The Balaban J connectivity index is 1.65. The Bertz CT molecular complexity index is 1320. The van der Waals surface area contributed by atoms with Crippen molar-refractivity contribution in [3.63, 3.8) is 0 Å². The lowest BCUT2D eigenvalue weighted by molar-refractivity contribution is -0.137. The third-order valence-corrected chi connectivity index (χ3v) is 7.79. The van der Waals surface area contributed by atoms with Gasteiger partial charge in [0.05, 0.1) is 34.6 Å². The number of nitrogens with zero attached hydrogens (tertiary/aromatic N) is 1. The van der Waals surface area contributed by atoms with Crippen LogP contribution in [0.4, 0.5) is 18.9 Å². The van der Waals surface area contributed by atoms with E-state index in [0.717, 1.165) is 34.4 Å². The lowest BCUT2D eigenvalue weighted by atomic mass is 9.46. The molecule has 34 heavy (non-hydrogen) atoms. The summed E-state index contributed by atoms with van der Waals surface area (Å²) >= 11 is 0. The number of hydrogen-bond donors (Lipinski definition) is 1. The van der Waals surface area contributed by atoms with Crippen molar-refractivity contribution in [3.8, 4) is 0 Å². The van der Waals surface area contributed by atoms with Gasteiger partial charge in [0.1, 0.15) is 0 Å². The van der Waals surface area contributed by atoms with Crippen LogP contribution in [0.15, 0.2) is 72.8 Å². The van der Waals surface area contributed by atoms with Crippen LogP contribution in [0.1, 0.15) is 40.7 Å². The summed E-state index contributed by atoms with van der Waals surface area (Å²) in [6, 6.07) is 19.4. The third kappa shape index (κ3) is 2.37. The van der Waals surface area contributed by atoms with Crippen LogP contribution < -0.4 is 4.90 Å². The molecule has 0 saturated carbocycles. The molecule has 4 nitrogen and oxygen atoms in total. The van der Waals surface area contributed by atoms with E-state index in [1.54, 1.807) is 6.92 Å². The predicted octanol–water partition coefficient (Wildman–Crippen LogP) is 4.64. The van der Waals surface area contributed by atoms with Crippen molar-refractivity contribution in [2.45, 2.75) is 30.5 Å². The largest absolute Gasteiger partial charge is 0.418 e. The lowest BCUT2D eigenvalue weighted by Gasteiger charge is -2.55. The van der Waals surface area contributed by atoms with Crippen LogP contribution in [0.5, 0.6) is 0 Å². The fourth-order valence-electron chi connectivity index (χ4n) is 6.69. The normalized spacial score (nSPS) is 27.9. The second-order valence-electron chi connectivity index (χ2n) is 9.23. The SMILES string of the molecule is CC(O)C12c3ccccc3C(c3ccccc31)C1C(=O)N(c3ccccc3C(F)(F)F)C(=O)C12. The first-order valence-electron chi connectivity index (χ1n) is 11.1. The molecule has 3 aromatic carbocycles. The summed E-state index contributed by atoms with van der Waals surface area (Å²) in [5, 5.41) is 11.3. The van der Waals surface area contributed by atoms with E-state index in [1.165, 1.54) is 12.1 Å². The number of benzene rings is 3. The fraction of sp³-hybridized carbons (Fsp3) is 0.259. The van der Waals surface area contributed by atoms with Gasteiger partial charge in [-0.15, -0.1) is 0 Å². The molecule has 2 amide bonds. The zero-order valence-electron chi connectivity index (χ0n) is 18.1. The van der Waals surface area contributed by atoms with Crippen molar-refractivity contribution in [1.82, 2.24) is 0 Å². The van der Waals surface area contributed by atoms with Gasteiger partial charge in [0.15, 0.2) is 0 Å². The van der Waals surface area contributed by atoms with Crippen molar-refractivity contribution in [3.05, 3.63) is 101 Å². The highest BCUT2D eigenvalue weighted by Gasteiger charge is 2.69. The fourth-order valence-corrected chi connectivity index (χ4v) is 6.69. The number of amides is 2. The first-order valence-corrected chi connectivity index (χ1v) is 11.1. The maximum atomic E-state index is 14.0. The summed E-state index contributed by atoms with van der Waals surface area (Å²) < 4.78 is 41.5. The highest BCUT2D eigenvalue weighted by atomic mass is 19.4. The highest BCUT2D eigenvalue weighted by Crippen LogP contribution is 2.65. The van der Waals surface area contributed by atoms with Crippen LogP contribution in [-0.2, 0) is 21.2 Å². The monoisotopic (exact) mass is 463 g/mol. The van der Waals surface area contributed by atoms with Gasteiger partial charge in [0, 0.05) is 5.92 Å². The number of alkyl halides is 3. The summed E-state index contributed by atoms with van der Waals surface area (Å²) in [6.45, 7) is 1.58. The van der Waals surface area contributed by atoms with Crippen LogP contribution in [0.3, 0.4) is 0 Å². The maximum Gasteiger partial charge on any atom is 0.418 e. The van der Waals surface area contributed by atoms with Crippen molar-refractivity contribution < 1.29 is 27.9 Å². The van der Waals surface area contributed by atoms with Gasteiger partial charge in [-0.05, 0) is 41.3 Å². The quantitative estimate of drug-likeness (QED) is 0.564. The molecule has 4 aliphatic rings. The second kappa shape index (κ2) is 6.79. The molecule has 1 N–H and O–H groups in total. The Kier molecular flexibility index (Phi) is 4.22. The Hall–Kier alpha value is -3.45. The standard InChI is InChI=1S/C27H20F3NO3/c1-14(32)26-17-10-4-2-8-15(17)21(16-9-3-5-11-18(16)26)22-23(26)25(34)31(24(22)33)20-13-7-6-12-19(20)27(28,29)30/h2-14,21-23,32H,1H3. The zero-order valence-corrected chi connectivity index (χ0v) is 18.1. The van der Waals surface area contributed by atoms with Crippen LogP contribution in [0.2, 0.25) is 0 Å². The number of aliphatic hydroxyl groups excluding tert-OH is 1. The van der Waals surface area contributed by atoms with E-state index in [2.05, 4.69) is 0 Å². The summed E-state index contributed by atoms with van der Waals surface area (Å²) in [5.41, 5.74) is 0.410. The average Bonchev–Trinajstić information content (AvgIpc) is 3.09. The molecule has 1 heterocycles. The molecular formula is C27H20F3NO3. The highest BCUT2D eigenvalue weighted by molar-refractivity contribution is 6.24. The summed E-state index contributed by atoms with van der Waals surface area (Å²) in [7, 11) is 0. The minimum Gasteiger partial charge on any atom is -0.392 e. The van der Waals surface area contributed by atoms with E-state index >= 15 is 0 Å². The van der Waals surface area contributed by atoms with Crippen molar-refractivity contribution >= 4 is 17.5 Å². The van der Waals surface area contributed by atoms with Crippen LogP contribution in [0.25, 0.3) is 0 Å². The van der Waals surface area contributed by atoms with E-state index in [9.17, 15) is 27.9 Å². The van der Waals surface area contributed by atoms with Crippen LogP contribution >= 0.6 is 0 Å². The van der Waals surface area contributed by atoms with E-state index in [-0.39, 0.29) is 0 Å². The molecule has 172 valence electrons. The molecule has 1 fully saturated rings. The van der Waals surface area contributed by atoms with Gasteiger partial charge in [-0.25, -0.2) is 4.90 Å². The van der Waals surface area contributed by atoms with Gasteiger partial charge in [-0.1, -0.05) is 60.7 Å². The smallest absolute Gasteiger partial charge is 0.392 e. The molecule has 1 aliphatic heterocycles. The first-order chi connectivity index (χ1) is 16.2. The Morgan fingerprint density at radius 3 is 1.94 bits per heavy atom. The number of rotatable bonds is 2. The van der Waals surface area contributed by atoms with Gasteiger partial charge < -0.3 is 5.11 Å². The molecular weight excluding hydrogens is 443 g/mol. The van der Waals surface area contributed by atoms with Crippen molar-refractivity contribution in [2.75, 3.05) is 4.90 Å². The molecule has 0 spiro atoms. The molecule has 3 unspecified atom stereocenters. The molecule has 3 atom stereocenters. The minimum absolute atomic E-state index is 0.465. The number of anilines is 1. The first kappa shape index (κ1) is 21.1. The Morgan fingerprint density at radius 2 is 1.38 bits per heavy atom. The number of imide groups is 1. The van der Waals surface area contributed by atoms with Crippen LogP contribution in [-0.4, -0.2) is 23.0 Å². The number of aliphatic hydroxyl groups is 1. The van der Waals surface area contributed by atoms with Gasteiger partial charge in [-0.2, -0.15) is 13.2 Å². The average molecular weight is 463 g/mol. The molecule has 0 aromatic heterocycles. The van der Waals surface area contributed by atoms with E-state index < -0.39 is 58.5 Å². The van der Waals surface area contributed by atoms with Gasteiger partial charge >= 0.3 is 6.18 Å². The van der Waals surface area contributed by atoms with E-state index in [4.69, 9.17) is 0 Å². The number of halogens is 3. The molecule has 1 saturated heterocycles. The molecule has 2 bridgehead atoms. The van der Waals surface area contributed by atoms with Crippen LogP contribution in [0, 0.1) is 11.8 Å². The molecule has 3 aliphatic carbocycles. The summed E-state index contributed by atoms with van der Waals surface area (Å²) in [4.78, 5) is 28.5. The second-order valence-corrected chi connectivity index (χ2v) is 9.23. The molecule has 0 radical (unpaired) electrons. The topological polar surface area (TPSA) is 57.6 Å². The predicted molar refractivity (Wildman–Crippen MR) is 118 cm³/mol. The molecule has 3 aromatic rings. The van der Waals surface area contributed by atoms with Gasteiger partial charge in [0.25, 0.3) is 0 Å². The van der Waals surface area contributed by atoms with E-state index in [0.29, 0.717) is 4.90 Å². The number of carbonyl (C=O) groups is 2. The van der Waals surface area contributed by atoms with Gasteiger partial charge in [-0.3, -0.25) is 9.59 Å². The molecule has 7 heteroatoms. The summed E-state index contributed by atoms with van der Waals surface area (Å²) in [6.07, 6.45) is -5.81. The van der Waals surface area contributed by atoms with Gasteiger partial charge in [0.2, 0.25) is 11.8 Å². The van der Waals surface area contributed by atoms with E-state index in [1.807, 2.05) is 48.5 Å². The van der Waals surface area contributed by atoms with Crippen molar-refractivity contribution in [2.24, 2.45) is 11.8 Å². The Labute approximate surface area is 193 Å². The zero-order chi connectivity index (χ0) is 24.0. The number of carbonyl (C=O) groups excluding carboxylic acids is 2. The minimum atomic E-state index is -4.74. The van der Waals surface area contributed by atoms with Crippen molar-refractivity contribution in [1.29, 1.82) is 0 Å². The Morgan fingerprint density at radius 1 is 0.853 bits per heavy atom. The summed E-state index contributed by atoms with van der Waals surface area (Å²) in [5.74, 6) is -3.78. The maximum absolute atomic E-state index is 14.0. The number of para-hydroxylation sites is 1. The third-order valence-electron chi connectivity index (χ3n) is 7.79. The molecule has 7 rings (SSSR count). The number of hydrogen-bond acceptors (Lipinski definition) is 3.